The van der Waals surface area contributed by atoms with E-state index in [0.29, 0.717) is 0 Å². The monoisotopic (exact) mass is 112 g/mol. The third-order valence-corrected chi connectivity index (χ3v) is 0.894. The highest BCUT2D eigenvalue weighted by molar-refractivity contribution is 5.11. The van der Waals surface area contributed by atoms with Crippen molar-refractivity contribution in [3.8, 4) is 0 Å². The van der Waals surface area contributed by atoms with Crippen LogP contribution in [0, 0.1) is 0 Å². The summed E-state index contributed by atoms with van der Waals surface area (Å²) >= 11 is 0. The van der Waals surface area contributed by atoms with Crippen LogP contribution in [-0.4, -0.2) is 7.11 Å². The van der Waals surface area contributed by atoms with Crippen molar-refractivity contribution in [2.45, 2.75) is 13.3 Å². The van der Waals surface area contributed by atoms with Crippen molar-refractivity contribution < 1.29 is 4.74 Å². The van der Waals surface area contributed by atoms with Gasteiger partial charge in [0, 0.05) is 0 Å². The molecule has 0 saturated heterocycles. The predicted molar refractivity (Wildman–Crippen MR) is 35.6 cm³/mol. The molecule has 0 fully saturated rings. The molecule has 0 aliphatic rings. The van der Waals surface area contributed by atoms with Crippen molar-refractivity contribution in [2.75, 3.05) is 7.11 Å². The van der Waals surface area contributed by atoms with Crippen molar-refractivity contribution in [3.63, 3.8) is 0 Å². The topological polar surface area (TPSA) is 9.23 Å². The van der Waals surface area contributed by atoms with E-state index in [2.05, 4.69) is 18.2 Å². The molecule has 8 heavy (non-hydrogen) atoms. The van der Waals surface area contributed by atoms with Crippen LogP contribution >= 0.6 is 0 Å². The number of methoxy groups -OCH3 is 1. The van der Waals surface area contributed by atoms with Crippen LogP contribution in [0.4, 0.5) is 0 Å². The molecule has 1 nitrogen and oxygen atoms in total. The van der Waals surface area contributed by atoms with Gasteiger partial charge in [-0.05, 0) is 12.5 Å². The lowest BCUT2D eigenvalue weighted by atomic mass is 10.2. The van der Waals surface area contributed by atoms with Crippen molar-refractivity contribution in [1.82, 2.24) is 0 Å². The van der Waals surface area contributed by atoms with E-state index >= 15 is 0 Å². The Morgan fingerprint density at radius 1 is 1.75 bits per heavy atom. The predicted octanol–water partition coefficient (Wildman–Crippen LogP) is 2.11. The summed E-state index contributed by atoms with van der Waals surface area (Å²) in [5.41, 5.74) is 1.09. The standard InChI is InChI=1S/C7H12O/c1-4-7(2)5-6-8-3/h5-6H,2,4H2,1,3H3/b6-5+. The van der Waals surface area contributed by atoms with E-state index in [1.165, 1.54) is 0 Å². The van der Waals surface area contributed by atoms with Gasteiger partial charge < -0.3 is 4.74 Å². The van der Waals surface area contributed by atoms with Gasteiger partial charge in [-0.1, -0.05) is 19.1 Å². The van der Waals surface area contributed by atoms with Crippen LogP contribution in [0.3, 0.4) is 0 Å². The Bertz CT molecular complexity index is 92.6. The molecule has 0 radical (unpaired) electrons. The number of hydrogen-bond acceptors (Lipinski definition) is 1. The van der Waals surface area contributed by atoms with Crippen LogP contribution in [0.25, 0.3) is 0 Å². The Labute approximate surface area is 50.7 Å². The summed E-state index contributed by atoms with van der Waals surface area (Å²) in [5, 5.41) is 0. The molecule has 1 heteroatoms. The van der Waals surface area contributed by atoms with Crippen molar-refractivity contribution in [2.24, 2.45) is 0 Å². The fraction of sp³-hybridized carbons (Fsp3) is 0.429. The molecule has 0 rings (SSSR count). The first kappa shape index (κ1) is 7.28. The molecular weight excluding hydrogens is 100 g/mol. The average Bonchev–Trinajstić information content (AvgIpc) is 1.83. The summed E-state index contributed by atoms with van der Waals surface area (Å²) in [6.07, 6.45) is 4.48. The first-order valence-electron chi connectivity index (χ1n) is 2.68. The minimum Gasteiger partial charge on any atom is -0.504 e. The Kier molecular flexibility index (Phi) is 4.04. The highest BCUT2D eigenvalue weighted by atomic mass is 16.5. The maximum Gasteiger partial charge on any atom is 0.0827 e. The molecule has 46 valence electrons. The quantitative estimate of drug-likeness (QED) is 0.401. The summed E-state index contributed by atoms with van der Waals surface area (Å²) in [4.78, 5) is 0. The molecule has 0 aromatic rings. The van der Waals surface area contributed by atoms with Crippen molar-refractivity contribution in [1.29, 1.82) is 0 Å². The van der Waals surface area contributed by atoms with E-state index in [0.717, 1.165) is 12.0 Å². The molecule has 0 aromatic heterocycles. The van der Waals surface area contributed by atoms with Crippen molar-refractivity contribution >= 4 is 0 Å². The fourth-order valence-corrected chi connectivity index (χ4v) is 0.282. The highest BCUT2D eigenvalue weighted by Crippen LogP contribution is 1.96. The van der Waals surface area contributed by atoms with Crippen LogP contribution in [0.1, 0.15) is 13.3 Å². The molecule has 0 amide bonds. The molecule has 0 bridgehead atoms. The second-order valence-electron chi connectivity index (χ2n) is 1.55. The van der Waals surface area contributed by atoms with E-state index in [1.807, 2.05) is 6.08 Å². The third kappa shape index (κ3) is 3.47. The van der Waals surface area contributed by atoms with Gasteiger partial charge in [0.15, 0.2) is 0 Å². The Balaban J connectivity index is 3.37. The number of allylic oxidation sites excluding steroid dienone is 2. The lowest BCUT2D eigenvalue weighted by molar-refractivity contribution is 0.337. The van der Waals surface area contributed by atoms with Crippen LogP contribution in [0.15, 0.2) is 24.5 Å². The first-order valence-corrected chi connectivity index (χ1v) is 2.68. The van der Waals surface area contributed by atoms with E-state index in [4.69, 9.17) is 0 Å². The summed E-state index contributed by atoms with van der Waals surface area (Å²) < 4.78 is 4.67. The molecule has 0 saturated carbocycles. The van der Waals surface area contributed by atoms with Crippen LogP contribution < -0.4 is 0 Å². The van der Waals surface area contributed by atoms with E-state index in [9.17, 15) is 0 Å². The lowest BCUT2D eigenvalue weighted by Gasteiger charge is -1.89. The SMILES string of the molecule is C=C(/C=C/OC)CC. The number of ether oxygens (including phenoxy) is 1. The lowest BCUT2D eigenvalue weighted by Crippen LogP contribution is -1.70. The second kappa shape index (κ2) is 4.44. The van der Waals surface area contributed by atoms with Gasteiger partial charge in [-0.15, -0.1) is 0 Å². The minimum atomic E-state index is 0.986. The van der Waals surface area contributed by atoms with Gasteiger partial charge >= 0.3 is 0 Å². The van der Waals surface area contributed by atoms with Gasteiger partial charge in [0.2, 0.25) is 0 Å². The summed E-state index contributed by atoms with van der Waals surface area (Å²) in [5.74, 6) is 0. The van der Waals surface area contributed by atoms with E-state index in [1.54, 1.807) is 13.4 Å². The molecular formula is C7H12O. The average molecular weight is 112 g/mol. The Morgan fingerprint density at radius 2 is 2.38 bits per heavy atom. The minimum absolute atomic E-state index is 0.986. The fourth-order valence-electron chi connectivity index (χ4n) is 0.282. The van der Waals surface area contributed by atoms with E-state index < -0.39 is 0 Å². The molecule has 0 aliphatic heterocycles. The first-order chi connectivity index (χ1) is 3.81. The highest BCUT2D eigenvalue weighted by Gasteiger charge is 1.77. The van der Waals surface area contributed by atoms with E-state index in [-0.39, 0.29) is 0 Å². The normalized spacial score (nSPS) is 9.75. The zero-order chi connectivity index (χ0) is 6.41. The maximum atomic E-state index is 4.67. The molecule has 0 aromatic carbocycles. The smallest absolute Gasteiger partial charge is 0.0827 e. The maximum absolute atomic E-state index is 4.67. The summed E-state index contributed by atoms with van der Waals surface area (Å²) in [7, 11) is 1.62. The van der Waals surface area contributed by atoms with Gasteiger partial charge in [0.1, 0.15) is 0 Å². The van der Waals surface area contributed by atoms with Gasteiger partial charge in [-0.3, -0.25) is 0 Å². The van der Waals surface area contributed by atoms with Crippen LogP contribution in [-0.2, 0) is 4.74 Å². The summed E-state index contributed by atoms with van der Waals surface area (Å²) in [6, 6.07) is 0. The van der Waals surface area contributed by atoms with Crippen LogP contribution in [0.2, 0.25) is 0 Å². The molecule has 0 unspecified atom stereocenters. The Morgan fingerprint density at radius 3 is 2.75 bits per heavy atom. The molecule has 0 spiro atoms. The zero-order valence-electron chi connectivity index (χ0n) is 5.48. The van der Waals surface area contributed by atoms with Gasteiger partial charge in [-0.2, -0.15) is 0 Å². The molecule has 0 heterocycles. The van der Waals surface area contributed by atoms with Gasteiger partial charge in [0.25, 0.3) is 0 Å². The summed E-state index contributed by atoms with van der Waals surface area (Å²) in [6.45, 7) is 5.80. The van der Waals surface area contributed by atoms with Gasteiger partial charge in [-0.25, -0.2) is 0 Å². The number of rotatable bonds is 3. The zero-order valence-corrected chi connectivity index (χ0v) is 5.48. The molecule has 0 atom stereocenters. The second-order valence-corrected chi connectivity index (χ2v) is 1.55. The van der Waals surface area contributed by atoms with Crippen LogP contribution in [0.5, 0.6) is 0 Å². The molecule has 0 aliphatic carbocycles. The largest absolute Gasteiger partial charge is 0.504 e. The number of hydrogen-bond donors (Lipinski definition) is 0. The van der Waals surface area contributed by atoms with Crippen molar-refractivity contribution in [3.05, 3.63) is 24.5 Å². The molecule has 0 N–H and O–H groups in total. The van der Waals surface area contributed by atoms with Gasteiger partial charge in [0.05, 0.1) is 13.4 Å². The Hall–Kier alpha value is -0.720. The third-order valence-electron chi connectivity index (χ3n) is 0.894.